The number of halogens is 2. The molecule has 0 fully saturated rings. The molecule has 20 heavy (non-hydrogen) atoms. The van der Waals surface area contributed by atoms with Crippen LogP contribution in [0.3, 0.4) is 0 Å². The van der Waals surface area contributed by atoms with E-state index in [-0.39, 0.29) is 5.91 Å². The topological polar surface area (TPSA) is 61.4 Å². The highest BCUT2D eigenvalue weighted by molar-refractivity contribution is 6.42. The maximum Gasteiger partial charge on any atom is 0.321 e. The number of hydrogen-bond acceptors (Lipinski definition) is 3. The Labute approximate surface area is 128 Å². The summed E-state index contributed by atoms with van der Waals surface area (Å²) in [4.78, 5) is 24.7. The van der Waals surface area contributed by atoms with E-state index in [9.17, 15) is 9.59 Å². The standard InChI is InChI=1S/C13H17Cl2N3O2/c1-8(12(19)17-13(20)16-2)18(3)7-9-4-5-10(14)11(15)6-9/h4-6,8H,7H2,1-3H3,(H2,16,17,19,20)/t8-/m0/s1. The summed E-state index contributed by atoms with van der Waals surface area (Å²) in [5.74, 6) is -0.369. The Bertz CT molecular complexity index is 508. The molecule has 1 rings (SSSR count). The predicted octanol–water partition coefficient (Wildman–Crippen LogP) is 2.27. The molecule has 0 aromatic heterocycles. The molecule has 0 unspecified atom stereocenters. The van der Waals surface area contributed by atoms with E-state index in [1.165, 1.54) is 7.05 Å². The molecule has 1 aromatic rings. The quantitative estimate of drug-likeness (QED) is 0.895. The van der Waals surface area contributed by atoms with E-state index in [1.54, 1.807) is 31.0 Å². The van der Waals surface area contributed by atoms with Crippen LogP contribution in [0.25, 0.3) is 0 Å². The van der Waals surface area contributed by atoms with Crippen LogP contribution in [0.5, 0.6) is 0 Å². The summed E-state index contributed by atoms with van der Waals surface area (Å²) in [6.07, 6.45) is 0. The molecule has 110 valence electrons. The van der Waals surface area contributed by atoms with Gasteiger partial charge in [0.1, 0.15) is 0 Å². The number of carbonyl (C=O) groups is 2. The van der Waals surface area contributed by atoms with Crippen LogP contribution in [-0.2, 0) is 11.3 Å². The minimum atomic E-state index is -0.523. The highest BCUT2D eigenvalue weighted by Gasteiger charge is 2.19. The van der Waals surface area contributed by atoms with Crippen molar-refractivity contribution in [1.29, 1.82) is 0 Å². The predicted molar refractivity (Wildman–Crippen MR) is 80.0 cm³/mol. The highest BCUT2D eigenvalue weighted by atomic mass is 35.5. The Morgan fingerprint density at radius 1 is 1.30 bits per heavy atom. The van der Waals surface area contributed by atoms with Gasteiger partial charge in [-0.05, 0) is 31.7 Å². The lowest BCUT2D eigenvalue weighted by Gasteiger charge is -2.23. The van der Waals surface area contributed by atoms with Gasteiger partial charge in [-0.3, -0.25) is 15.0 Å². The third-order valence-electron chi connectivity index (χ3n) is 2.92. The van der Waals surface area contributed by atoms with Gasteiger partial charge >= 0.3 is 6.03 Å². The Morgan fingerprint density at radius 2 is 1.95 bits per heavy atom. The largest absolute Gasteiger partial charge is 0.341 e. The Kier molecular flexibility index (Phi) is 6.26. The van der Waals surface area contributed by atoms with E-state index in [2.05, 4.69) is 10.6 Å². The zero-order valence-electron chi connectivity index (χ0n) is 11.5. The summed E-state index contributed by atoms with van der Waals surface area (Å²) in [6, 6.07) is 4.33. The second-order valence-corrected chi connectivity index (χ2v) is 5.22. The summed E-state index contributed by atoms with van der Waals surface area (Å²) in [6.45, 7) is 2.23. The third-order valence-corrected chi connectivity index (χ3v) is 3.66. The van der Waals surface area contributed by atoms with Crippen LogP contribution in [0, 0.1) is 0 Å². The van der Waals surface area contributed by atoms with Crippen molar-refractivity contribution in [2.75, 3.05) is 14.1 Å². The average molecular weight is 318 g/mol. The van der Waals surface area contributed by atoms with E-state index in [0.717, 1.165) is 5.56 Å². The molecule has 0 aliphatic heterocycles. The van der Waals surface area contributed by atoms with E-state index < -0.39 is 12.1 Å². The van der Waals surface area contributed by atoms with Gasteiger partial charge in [0.05, 0.1) is 16.1 Å². The summed E-state index contributed by atoms with van der Waals surface area (Å²) in [5, 5.41) is 5.53. The molecule has 1 atom stereocenters. The van der Waals surface area contributed by atoms with Crippen LogP contribution in [0.1, 0.15) is 12.5 Å². The lowest BCUT2D eigenvalue weighted by Crippen LogP contribution is -2.47. The average Bonchev–Trinajstić information content (AvgIpc) is 2.41. The van der Waals surface area contributed by atoms with Gasteiger partial charge in [-0.1, -0.05) is 29.3 Å². The van der Waals surface area contributed by atoms with Gasteiger partial charge in [0.15, 0.2) is 0 Å². The molecule has 0 radical (unpaired) electrons. The number of carbonyl (C=O) groups excluding carboxylic acids is 2. The molecule has 2 N–H and O–H groups in total. The SMILES string of the molecule is CNC(=O)NC(=O)[C@H](C)N(C)Cc1ccc(Cl)c(Cl)c1. The molecule has 0 bridgehead atoms. The number of amides is 3. The fraction of sp³-hybridized carbons (Fsp3) is 0.385. The number of nitrogens with one attached hydrogen (secondary N) is 2. The number of rotatable bonds is 4. The summed E-state index contributed by atoms with van der Waals surface area (Å²) < 4.78 is 0. The van der Waals surface area contributed by atoms with E-state index in [1.807, 2.05) is 6.07 Å². The Balaban J connectivity index is 2.65. The Hall–Kier alpha value is -1.30. The monoisotopic (exact) mass is 317 g/mol. The number of likely N-dealkylation sites (N-methyl/N-ethyl adjacent to an activating group) is 1. The molecule has 7 heteroatoms. The number of hydrogen-bond donors (Lipinski definition) is 2. The van der Waals surface area contributed by atoms with Crippen molar-refractivity contribution in [1.82, 2.24) is 15.5 Å². The first-order valence-electron chi connectivity index (χ1n) is 6.02. The van der Waals surface area contributed by atoms with Gasteiger partial charge in [0.2, 0.25) is 5.91 Å². The van der Waals surface area contributed by atoms with Crippen LogP contribution in [0.2, 0.25) is 10.0 Å². The molecular formula is C13H17Cl2N3O2. The van der Waals surface area contributed by atoms with Crippen LogP contribution in [0.4, 0.5) is 4.79 Å². The molecule has 0 heterocycles. The van der Waals surface area contributed by atoms with Gasteiger partial charge < -0.3 is 5.32 Å². The number of urea groups is 1. The smallest absolute Gasteiger partial charge is 0.321 e. The minimum absolute atomic E-state index is 0.369. The first kappa shape index (κ1) is 16.8. The summed E-state index contributed by atoms with van der Waals surface area (Å²) in [5.41, 5.74) is 0.932. The summed E-state index contributed by atoms with van der Waals surface area (Å²) >= 11 is 11.8. The molecule has 0 aliphatic rings. The zero-order chi connectivity index (χ0) is 15.3. The summed E-state index contributed by atoms with van der Waals surface area (Å²) in [7, 11) is 3.24. The van der Waals surface area contributed by atoms with E-state index in [4.69, 9.17) is 23.2 Å². The normalized spacial score (nSPS) is 12.1. The second-order valence-electron chi connectivity index (χ2n) is 4.41. The second kappa shape index (κ2) is 7.47. The van der Waals surface area contributed by atoms with Crippen molar-refractivity contribution in [3.05, 3.63) is 33.8 Å². The van der Waals surface area contributed by atoms with Crippen molar-refractivity contribution >= 4 is 35.1 Å². The first-order chi connectivity index (χ1) is 9.35. The van der Waals surface area contributed by atoms with Gasteiger partial charge in [-0.2, -0.15) is 0 Å². The van der Waals surface area contributed by atoms with Gasteiger partial charge in [-0.15, -0.1) is 0 Å². The molecule has 0 saturated heterocycles. The van der Waals surface area contributed by atoms with Crippen molar-refractivity contribution < 1.29 is 9.59 Å². The van der Waals surface area contributed by atoms with Crippen LogP contribution in [0.15, 0.2) is 18.2 Å². The molecule has 1 aromatic carbocycles. The van der Waals surface area contributed by atoms with Crippen molar-refractivity contribution in [3.8, 4) is 0 Å². The number of nitrogens with zero attached hydrogens (tertiary/aromatic N) is 1. The molecule has 0 spiro atoms. The van der Waals surface area contributed by atoms with Crippen LogP contribution in [-0.4, -0.2) is 37.0 Å². The van der Waals surface area contributed by atoms with Crippen LogP contribution < -0.4 is 10.6 Å². The van der Waals surface area contributed by atoms with Crippen molar-refractivity contribution in [2.24, 2.45) is 0 Å². The Morgan fingerprint density at radius 3 is 2.50 bits per heavy atom. The molecule has 5 nitrogen and oxygen atoms in total. The molecule has 0 saturated carbocycles. The maximum atomic E-state index is 11.8. The van der Waals surface area contributed by atoms with Gasteiger partial charge in [-0.25, -0.2) is 4.79 Å². The lowest BCUT2D eigenvalue weighted by atomic mass is 10.2. The molecule has 0 aliphatic carbocycles. The van der Waals surface area contributed by atoms with E-state index in [0.29, 0.717) is 16.6 Å². The van der Waals surface area contributed by atoms with Gasteiger partial charge in [0, 0.05) is 13.6 Å². The van der Waals surface area contributed by atoms with E-state index >= 15 is 0 Å². The number of benzene rings is 1. The molecule has 3 amide bonds. The van der Waals surface area contributed by atoms with Crippen LogP contribution >= 0.6 is 23.2 Å². The zero-order valence-corrected chi connectivity index (χ0v) is 13.0. The fourth-order valence-corrected chi connectivity index (χ4v) is 1.86. The first-order valence-corrected chi connectivity index (χ1v) is 6.77. The van der Waals surface area contributed by atoms with Crippen molar-refractivity contribution in [2.45, 2.75) is 19.5 Å². The third kappa shape index (κ3) is 4.67. The fourth-order valence-electron chi connectivity index (χ4n) is 1.54. The molecular weight excluding hydrogens is 301 g/mol. The van der Waals surface area contributed by atoms with Gasteiger partial charge in [0.25, 0.3) is 0 Å². The number of imide groups is 1. The highest BCUT2D eigenvalue weighted by Crippen LogP contribution is 2.23. The van der Waals surface area contributed by atoms with Crippen molar-refractivity contribution in [3.63, 3.8) is 0 Å². The minimum Gasteiger partial charge on any atom is -0.341 e. The lowest BCUT2D eigenvalue weighted by molar-refractivity contribution is -0.124. The maximum absolute atomic E-state index is 11.8.